The van der Waals surface area contributed by atoms with Crippen molar-refractivity contribution in [1.29, 1.82) is 0 Å². The summed E-state index contributed by atoms with van der Waals surface area (Å²) < 4.78 is 5.50. The zero-order chi connectivity index (χ0) is 15.3. The van der Waals surface area contributed by atoms with Crippen LogP contribution < -0.4 is 10.6 Å². The van der Waals surface area contributed by atoms with Crippen LogP contribution in [0.15, 0.2) is 29.4 Å². The van der Waals surface area contributed by atoms with E-state index in [1.54, 1.807) is 0 Å². The lowest BCUT2D eigenvalue weighted by Crippen LogP contribution is -2.38. The molecule has 0 saturated carbocycles. The highest BCUT2D eigenvalue weighted by atomic mass is 16.5. The maximum Gasteiger partial charge on any atom is 0.191 e. The van der Waals surface area contributed by atoms with Crippen molar-refractivity contribution in [2.45, 2.75) is 39.7 Å². The second kappa shape index (κ2) is 11.1. The minimum Gasteiger partial charge on any atom is -0.379 e. The van der Waals surface area contributed by atoms with Crippen LogP contribution in [-0.2, 0) is 11.2 Å². The first-order chi connectivity index (χ1) is 10.2. The lowest BCUT2D eigenvalue weighted by atomic mass is 10.3. The normalized spacial score (nSPS) is 11.7. The third-order valence-electron chi connectivity index (χ3n) is 2.77. The number of nitrogens with zero attached hydrogens (tertiary/aromatic N) is 2. The SMILES string of the molecule is CCNC(=NCCCOC(C)C)NCCc1ccccn1. The Balaban J connectivity index is 2.25. The van der Waals surface area contributed by atoms with Crippen LogP contribution in [0.4, 0.5) is 0 Å². The zero-order valence-corrected chi connectivity index (χ0v) is 13.4. The monoisotopic (exact) mass is 292 g/mol. The number of nitrogens with one attached hydrogen (secondary N) is 2. The Hall–Kier alpha value is -1.62. The Bertz CT molecular complexity index is 393. The van der Waals surface area contributed by atoms with Gasteiger partial charge < -0.3 is 15.4 Å². The van der Waals surface area contributed by atoms with E-state index in [0.717, 1.165) is 50.7 Å². The van der Waals surface area contributed by atoms with Crippen LogP contribution in [-0.4, -0.2) is 43.3 Å². The summed E-state index contributed by atoms with van der Waals surface area (Å²) in [4.78, 5) is 8.84. The molecule has 0 fully saturated rings. The molecule has 1 aromatic heterocycles. The summed E-state index contributed by atoms with van der Waals surface area (Å²) in [6, 6.07) is 5.98. The number of hydrogen-bond donors (Lipinski definition) is 2. The minimum absolute atomic E-state index is 0.290. The molecule has 0 unspecified atom stereocenters. The van der Waals surface area contributed by atoms with Crippen molar-refractivity contribution < 1.29 is 4.74 Å². The fourth-order valence-electron chi connectivity index (χ4n) is 1.77. The fraction of sp³-hybridized carbons (Fsp3) is 0.625. The van der Waals surface area contributed by atoms with Gasteiger partial charge in [-0.05, 0) is 39.3 Å². The molecule has 0 aromatic carbocycles. The van der Waals surface area contributed by atoms with Crippen LogP contribution in [0.3, 0.4) is 0 Å². The first kappa shape index (κ1) is 17.4. The molecule has 2 N–H and O–H groups in total. The van der Waals surface area contributed by atoms with Gasteiger partial charge in [-0.3, -0.25) is 9.98 Å². The lowest BCUT2D eigenvalue weighted by molar-refractivity contribution is 0.0782. The molecule has 1 aromatic rings. The molecular formula is C16H28N4O. The highest BCUT2D eigenvalue weighted by molar-refractivity contribution is 5.79. The van der Waals surface area contributed by atoms with Gasteiger partial charge in [0.15, 0.2) is 5.96 Å². The third kappa shape index (κ3) is 9.02. The Morgan fingerprint density at radius 1 is 1.33 bits per heavy atom. The summed E-state index contributed by atoms with van der Waals surface area (Å²) in [6.07, 6.45) is 3.94. The van der Waals surface area contributed by atoms with Crippen molar-refractivity contribution in [2.75, 3.05) is 26.2 Å². The van der Waals surface area contributed by atoms with E-state index in [1.165, 1.54) is 0 Å². The van der Waals surface area contributed by atoms with Crippen molar-refractivity contribution in [2.24, 2.45) is 4.99 Å². The average molecular weight is 292 g/mol. The molecule has 0 aliphatic carbocycles. The first-order valence-corrected chi connectivity index (χ1v) is 7.76. The number of ether oxygens (including phenoxy) is 1. The highest BCUT2D eigenvalue weighted by Gasteiger charge is 1.98. The van der Waals surface area contributed by atoms with Crippen molar-refractivity contribution in [3.8, 4) is 0 Å². The van der Waals surface area contributed by atoms with Gasteiger partial charge in [0.2, 0.25) is 0 Å². The highest BCUT2D eigenvalue weighted by Crippen LogP contribution is 1.93. The van der Waals surface area contributed by atoms with E-state index in [1.807, 2.05) is 38.2 Å². The molecule has 0 atom stereocenters. The van der Waals surface area contributed by atoms with Crippen LogP contribution in [0, 0.1) is 0 Å². The van der Waals surface area contributed by atoms with E-state index in [-0.39, 0.29) is 0 Å². The van der Waals surface area contributed by atoms with E-state index < -0.39 is 0 Å². The molecule has 21 heavy (non-hydrogen) atoms. The molecule has 0 saturated heterocycles. The molecule has 0 amide bonds. The number of guanidine groups is 1. The zero-order valence-electron chi connectivity index (χ0n) is 13.4. The Kier molecular flexibility index (Phi) is 9.20. The van der Waals surface area contributed by atoms with Crippen LogP contribution in [0.2, 0.25) is 0 Å². The van der Waals surface area contributed by atoms with Gasteiger partial charge in [-0.1, -0.05) is 6.07 Å². The number of aliphatic imine (C=N–C) groups is 1. The van der Waals surface area contributed by atoms with Gasteiger partial charge in [-0.15, -0.1) is 0 Å². The molecule has 1 heterocycles. The molecule has 1 rings (SSSR count). The molecule has 0 aliphatic rings. The van der Waals surface area contributed by atoms with Crippen molar-refractivity contribution in [3.05, 3.63) is 30.1 Å². The average Bonchev–Trinajstić information content (AvgIpc) is 2.47. The summed E-state index contributed by atoms with van der Waals surface area (Å²) in [7, 11) is 0. The molecule has 0 bridgehead atoms. The number of hydrogen-bond acceptors (Lipinski definition) is 3. The second-order valence-corrected chi connectivity index (χ2v) is 5.03. The van der Waals surface area contributed by atoms with Gasteiger partial charge in [0, 0.05) is 44.6 Å². The van der Waals surface area contributed by atoms with Crippen molar-refractivity contribution >= 4 is 5.96 Å². The quantitative estimate of drug-likeness (QED) is 0.415. The Labute approximate surface area is 128 Å². The first-order valence-electron chi connectivity index (χ1n) is 7.76. The fourth-order valence-corrected chi connectivity index (χ4v) is 1.77. The largest absolute Gasteiger partial charge is 0.379 e. The predicted molar refractivity (Wildman–Crippen MR) is 87.6 cm³/mol. The van der Waals surface area contributed by atoms with E-state index in [9.17, 15) is 0 Å². The lowest BCUT2D eigenvalue weighted by Gasteiger charge is -2.11. The molecular weight excluding hydrogens is 264 g/mol. The summed E-state index contributed by atoms with van der Waals surface area (Å²) in [5.41, 5.74) is 1.09. The summed E-state index contributed by atoms with van der Waals surface area (Å²) >= 11 is 0. The maximum absolute atomic E-state index is 5.50. The van der Waals surface area contributed by atoms with E-state index >= 15 is 0 Å². The molecule has 0 radical (unpaired) electrons. The molecule has 0 aliphatic heterocycles. The van der Waals surface area contributed by atoms with E-state index in [2.05, 4.69) is 27.5 Å². The van der Waals surface area contributed by atoms with Crippen LogP contribution in [0.5, 0.6) is 0 Å². The number of aromatic nitrogens is 1. The topological polar surface area (TPSA) is 58.5 Å². The van der Waals surface area contributed by atoms with Gasteiger partial charge in [0.05, 0.1) is 6.10 Å². The molecule has 118 valence electrons. The summed E-state index contributed by atoms with van der Waals surface area (Å²) in [6.45, 7) is 9.38. The van der Waals surface area contributed by atoms with E-state index in [4.69, 9.17) is 4.74 Å². The van der Waals surface area contributed by atoms with E-state index in [0.29, 0.717) is 6.10 Å². The minimum atomic E-state index is 0.290. The molecule has 5 heteroatoms. The van der Waals surface area contributed by atoms with Gasteiger partial charge in [-0.2, -0.15) is 0 Å². The summed E-state index contributed by atoms with van der Waals surface area (Å²) in [5.74, 6) is 0.859. The smallest absolute Gasteiger partial charge is 0.191 e. The predicted octanol–water partition coefficient (Wildman–Crippen LogP) is 1.99. The number of rotatable bonds is 9. The van der Waals surface area contributed by atoms with Crippen LogP contribution >= 0.6 is 0 Å². The Morgan fingerprint density at radius 3 is 2.86 bits per heavy atom. The maximum atomic E-state index is 5.50. The van der Waals surface area contributed by atoms with Gasteiger partial charge in [-0.25, -0.2) is 0 Å². The number of pyridine rings is 1. The van der Waals surface area contributed by atoms with Crippen LogP contribution in [0.1, 0.15) is 32.9 Å². The molecule has 0 spiro atoms. The standard InChI is InChI=1S/C16H28N4O/c1-4-17-16(19-11-7-13-21-14(2)3)20-12-9-15-8-5-6-10-18-15/h5-6,8,10,14H,4,7,9,11-13H2,1-3H3,(H2,17,19,20). The summed E-state index contributed by atoms with van der Waals surface area (Å²) in [5, 5.41) is 6.57. The van der Waals surface area contributed by atoms with Gasteiger partial charge in [0.25, 0.3) is 0 Å². The Morgan fingerprint density at radius 2 is 2.19 bits per heavy atom. The molecule has 5 nitrogen and oxygen atoms in total. The van der Waals surface area contributed by atoms with Crippen molar-refractivity contribution in [1.82, 2.24) is 15.6 Å². The van der Waals surface area contributed by atoms with Gasteiger partial charge >= 0.3 is 0 Å². The third-order valence-corrected chi connectivity index (χ3v) is 2.77. The van der Waals surface area contributed by atoms with Crippen molar-refractivity contribution in [3.63, 3.8) is 0 Å². The second-order valence-electron chi connectivity index (χ2n) is 5.03. The van der Waals surface area contributed by atoms with Gasteiger partial charge in [0.1, 0.15) is 0 Å². The van der Waals surface area contributed by atoms with Crippen LogP contribution in [0.25, 0.3) is 0 Å².